The minimum Gasteiger partial charge on any atom is -0.352 e. The molecule has 5 rings (SSSR count). The van der Waals surface area contributed by atoms with Crippen molar-refractivity contribution in [2.75, 3.05) is 31.1 Å². The molecule has 0 radical (unpaired) electrons. The molecule has 3 aromatic carbocycles. The van der Waals surface area contributed by atoms with E-state index < -0.39 is 15.8 Å². The van der Waals surface area contributed by atoms with Crippen molar-refractivity contribution >= 4 is 38.5 Å². The van der Waals surface area contributed by atoms with Crippen molar-refractivity contribution < 1.29 is 12.8 Å². The molecule has 0 amide bonds. The first-order valence-corrected chi connectivity index (χ1v) is 12.3. The Morgan fingerprint density at radius 3 is 2.12 bits per heavy atom. The molecule has 1 aliphatic rings. The van der Waals surface area contributed by atoms with Crippen LogP contribution in [0.1, 0.15) is 0 Å². The molecular weight excluding hydrogens is 463 g/mol. The fourth-order valence-corrected chi connectivity index (χ4v) is 5.62. The molecule has 0 saturated carbocycles. The van der Waals surface area contributed by atoms with Crippen LogP contribution in [0.2, 0.25) is 5.02 Å². The topological polar surface area (TPSA) is 66.4 Å². The van der Waals surface area contributed by atoms with Gasteiger partial charge in [0.1, 0.15) is 11.5 Å². The number of nitrogens with zero attached hydrogens (tertiary/aromatic N) is 4. The molecule has 0 unspecified atom stereocenters. The van der Waals surface area contributed by atoms with Crippen LogP contribution in [0.25, 0.3) is 22.3 Å². The Bertz CT molecular complexity index is 1430. The zero-order valence-corrected chi connectivity index (χ0v) is 19.1. The van der Waals surface area contributed by atoms with E-state index in [0.717, 1.165) is 40.2 Å². The molecular formula is C24H20ClFN4O2S. The van der Waals surface area contributed by atoms with Gasteiger partial charge in [-0.3, -0.25) is 0 Å². The molecule has 1 aromatic heterocycles. The summed E-state index contributed by atoms with van der Waals surface area (Å²) in [6.45, 7) is 1.42. The van der Waals surface area contributed by atoms with Crippen LogP contribution in [0.5, 0.6) is 0 Å². The third-order valence-electron chi connectivity index (χ3n) is 5.67. The van der Waals surface area contributed by atoms with Gasteiger partial charge in [-0.15, -0.1) is 0 Å². The van der Waals surface area contributed by atoms with Gasteiger partial charge in [-0.2, -0.15) is 4.31 Å². The number of rotatable bonds is 4. The number of hydrogen-bond acceptors (Lipinski definition) is 5. The predicted molar refractivity (Wildman–Crippen MR) is 127 cm³/mol. The summed E-state index contributed by atoms with van der Waals surface area (Å²) >= 11 is 5.80. The molecule has 4 aromatic rings. The number of piperazine rings is 1. The highest BCUT2D eigenvalue weighted by atomic mass is 35.5. The summed E-state index contributed by atoms with van der Waals surface area (Å²) in [5, 5.41) is -0.214. The second-order valence-electron chi connectivity index (χ2n) is 7.72. The predicted octanol–water partition coefficient (Wildman–Crippen LogP) is 4.60. The second-order valence-corrected chi connectivity index (χ2v) is 10.1. The molecule has 1 fully saturated rings. The molecule has 2 heterocycles. The summed E-state index contributed by atoms with van der Waals surface area (Å²) in [7, 11) is -3.78. The molecule has 168 valence electrons. The molecule has 33 heavy (non-hydrogen) atoms. The van der Waals surface area contributed by atoms with Gasteiger partial charge in [0, 0.05) is 31.7 Å². The Morgan fingerprint density at radius 1 is 0.818 bits per heavy atom. The van der Waals surface area contributed by atoms with Crippen LogP contribution in [-0.4, -0.2) is 48.9 Å². The van der Waals surface area contributed by atoms with E-state index in [1.165, 1.54) is 10.4 Å². The smallest absolute Gasteiger partial charge is 0.243 e. The first kappa shape index (κ1) is 21.8. The van der Waals surface area contributed by atoms with Gasteiger partial charge >= 0.3 is 0 Å². The monoisotopic (exact) mass is 482 g/mol. The molecule has 9 heteroatoms. The molecule has 0 bridgehead atoms. The van der Waals surface area contributed by atoms with E-state index in [1.54, 1.807) is 0 Å². The van der Waals surface area contributed by atoms with Crippen LogP contribution < -0.4 is 4.90 Å². The maximum Gasteiger partial charge on any atom is 0.243 e. The van der Waals surface area contributed by atoms with E-state index in [2.05, 4.69) is 4.90 Å². The van der Waals surface area contributed by atoms with Crippen LogP contribution in [-0.2, 0) is 10.0 Å². The summed E-state index contributed by atoms with van der Waals surface area (Å²) in [5.41, 5.74) is 3.29. The van der Waals surface area contributed by atoms with Gasteiger partial charge in [-0.05, 0) is 30.3 Å². The van der Waals surface area contributed by atoms with E-state index >= 15 is 0 Å². The standard InChI is InChI=1S/C24H20ClFN4O2S/c25-19-16-18(10-11-20(19)26)33(31,32)30-14-12-29(13-15-30)24-23(17-6-2-1-3-7-17)27-21-8-4-5-9-22(21)28-24/h1-11,16H,12-15H2. The summed E-state index contributed by atoms with van der Waals surface area (Å²) in [4.78, 5) is 11.8. The Labute approximate surface area is 196 Å². The van der Waals surface area contributed by atoms with E-state index in [4.69, 9.17) is 21.6 Å². The third-order valence-corrected chi connectivity index (χ3v) is 7.85. The number of benzene rings is 3. The van der Waals surface area contributed by atoms with Crippen molar-refractivity contribution in [2.45, 2.75) is 4.90 Å². The van der Waals surface area contributed by atoms with Crippen molar-refractivity contribution in [3.63, 3.8) is 0 Å². The van der Waals surface area contributed by atoms with Gasteiger partial charge in [0.15, 0.2) is 5.82 Å². The largest absolute Gasteiger partial charge is 0.352 e. The highest BCUT2D eigenvalue weighted by molar-refractivity contribution is 7.89. The summed E-state index contributed by atoms with van der Waals surface area (Å²) in [6, 6.07) is 21.0. The van der Waals surface area contributed by atoms with Crippen LogP contribution in [0, 0.1) is 5.82 Å². The third kappa shape index (κ3) is 4.17. The number of aromatic nitrogens is 2. The number of para-hydroxylation sites is 2. The van der Waals surface area contributed by atoms with Crippen LogP contribution in [0.15, 0.2) is 77.7 Å². The molecule has 6 nitrogen and oxygen atoms in total. The average molecular weight is 483 g/mol. The van der Waals surface area contributed by atoms with Crippen molar-refractivity contribution in [1.82, 2.24) is 14.3 Å². The summed E-state index contributed by atoms with van der Waals surface area (Å²) in [5.74, 6) is 0.0746. The van der Waals surface area contributed by atoms with Crippen LogP contribution in [0.3, 0.4) is 0 Å². The van der Waals surface area contributed by atoms with Gasteiger partial charge in [-0.1, -0.05) is 54.1 Å². The zero-order valence-electron chi connectivity index (χ0n) is 17.5. The van der Waals surface area contributed by atoms with Crippen LogP contribution >= 0.6 is 11.6 Å². The van der Waals surface area contributed by atoms with Crippen molar-refractivity contribution in [3.8, 4) is 11.3 Å². The van der Waals surface area contributed by atoms with E-state index in [0.29, 0.717) is 13.1 Å². The highest BCUT2D eigenvalue weighted by Crippen LogP contribution is 2.31. The minimum absolute atomic E-state index is 0.0159. The number of fused-ring (bicyclic) bond motifs is 1. The highest BCUT2D eigenvalue weighted by Gasteiger charge is 2.30. The molecule has 0 atom stereocenters. The first-order valence-electron chi connectivity index (χ1n) is 10.5. The zero-order chi connectivity index (χ0) is 23.0. The first-order chi connectivity index (χ1) is 15.9. The molecule has 0 N–H and O–H groups in total. The molecule has 1 aliphatic heterocycles. The van der Waals surface area contributed by atoms with E-state index in [1.807, 2.05) is 54.6 Å². The maximum atomic E-state index is 13.5. The Balaban J connectivity index is 1.45. The van der Waals surface area contributed by atoms with Crippen molar-refractivity contribution in [3.05, 3.63) is 83.6 Å². The lowest BCUT2D eigenvalue weighted by Crippen LogP contribution is -2.49. The lowest BCUT2D eigenvalue weighted by molar-refractivity contribution is 0.384. The Morgan fingerprint density at radius 2 is 1.45 bits per heavy atom. The van der Waals surface area contributed by atoms with E-state index in [9.17, 15) is 12.8 Å². The van der Waals surface area contributed by atoms with Gasteiger partial charge < -0.3 is 4.90 Å². The summed E-state index contributed by atoms with van der Waals surface area (Å²) < 4.78 is 41.0. The van der Waals surface area contributed by atoms with Crippen LogP contribution in [0.4, 0.5) is 10.2 Å². The van der Waals surface area contributed by atoms with Crippen molar-refractivity contribution in [1.29, 1.82) is 0 Å². The molecule has 1 saturated heterocycles. The lowest BCUT2D eigenvalue weighted by atomic mass is 10.1. The van der Waals surface area contributed by atoms with Gasteiger partial charge in [0.05, 0.1) is 21.0 Å². The SMILES string of the molecule is O=S(=O)(c1ccc(F)c(Cl)c1)N1CCN(c2nc3ccccc3nc2-c2ccccc2)CC1. The number of halogens is 2. The van der Waals surface area contributed by atoms with Gasteiger partial charge in [-0.25, -0.2) is 22.8 Å². The molecule has 0 aliphatic carbocycles. The maximum absolute atomic E-state index is 13.5. The van der Waals surface area contributed by atoms with Gasteiger partial charge in [0.2, 0.25) is 10.0 Å². The van der Waals surface area contributed by atoms with E-state index in [-0.39, 0.29) is 23.0 Å². The number of anilines is 1. The fraction of sp³-hybridized carbons (Fsp3) is 0.167. The van der Waals surface area contributed by atoms with Gasteiger partial charge in [0.25, 0.3) is 0 Å². The number of hydrogen-bond donors (Lipinski definition) is 0. The second kappa shape index (κ2) is 8.70. The Hall–Kier alpha value is -3.07. The summed E-state index contributed by atoms with van der Waals surface area (Å²) in [6.07, 6.45) is 0. The molecule has 0 spiro atoms. The lowest BCUT2D eigenvalue weighted by Gasteiger charge is -2.35. The normalized spacial score (nSPS) is 15.2. The minimum atomic E-state index is -3.78. The average Bonchev–Trinajstić information content (AvgIpc) is 2.85. The fourth-order valence-electron chi connectivity index (χ4n) is 3.93. The van der Waals surface area contributed by atoms with Crippen molar-refractivity contribution in [2.24, 2.45) is 0 Å². The Kier molecular flexibility index (Phi) is 5.74. The quantitative estimate of drug-likeness (QED) is 0.425. The number of sulfonamides is 1.